The van der Waals surface area contributed by atoms with Crippen molar-refractivity contribution in [2.75, 3.05) is 5.75 Å². The summed E-state index contributed by atoms with van der Waals surface area (Å²) in [7, 11) is -3.20. The molecule has 2 fully saturated rings. The van der Waals surface area contributed by atoms with Gasteiger partial charge in [-0.1, -0.05) is 12.8 Å². The lowest BCUT2D eigenvalue weighted by molar-refractivity contribution is -0.142. The van der Waals surface area contributed by atoms with Crippen molar-refractivity contribution in [2.24, 2.45) is 11.8 Å². The second kappa shape index (κ2) is 6.22. The summed E-state index contributed by atoms with van der Waals surface area (Å²) in [4.78, 5) is 10.8. The standard InChI is InChI=1S/C13H23NO4S/c15-13(16)11-5-7-12(8-6-11)14-19(17,18)9-10-3-1-2-4-10/h10-12,14H,1-9H2,(H,15,16). The van der Waals surface area contributed by atoms with Crippen LogP contribution < -0.4 is 4.72 Å². The third kappa shape index (κ3) is 4.45. The average molecular weight is 289 g/mol. The molecule has 0 atom stereocenters. The maximum Gasteiger partial charge on any atom is 0.306 e. The SMILES string of the molecule is O=C(O)C1CCC(NS(=O)(=O)CC2CCCC2)CC1. The number of sulfonamides is 1. The first-order chi connectivity index (χ1) is 8.96. The van der Waals surface area contributed by atoms with Crippen LogP contribution in [0.2, 0.25) is 0 Å². The van der Waals surface area contributed by atoms with Crippen molar-refractivity contribution in [2.45, 2.75) is 57.4 Å². The van der Waals surface area contributed by atoms with E-state index < -0.39 is 16.0 Å². The molecule has 0 saturated heterocycles. The molecule has 2 saturated carbocycles. The molecule has 6 heteroatoms. The lowest BCUT2D eigenvalue weighted by Crippen LogP contribution is -2.40. The highest BCUT2D eigenvalue weighted by molar-refractivity contribution is 7.89. The minimum absolute atomic E-state index is 0.0676. The van der Waals surface area contributed by atoms with E-state index in [1.165, 1.54) is 0 Å². The summed E-state index contributed by atoms with van der Waals surface area (Å²) in [5, 5.41) is 8.91. The molecular formula is C13H23NO4S. The summed E-state index contributed by atoms with van der Waals surface area (Å²) in [6, 6.07) is -0.0676. The number of carbonyl (C=O) groups is 1. The van der Waals surface area contributed by atoms with Crippen molar-refractivity contribution in [1.29, 1.82) is 0 Å². The van der Waals surface area contributed by atoms with Crippen molar-refractivity contribution < 1.29 is 18.3 Å². The van der Waals surface area contributed by atoms with Crippen molar-refractivity contribution in [1.82, 2.24) is 4.72 Å². The van der Waals surface area contributed by atoms with Gasteiger partial charge < -0.3 is 5.11 Å². The number of hydrogen-bond donors (Lipinski definition) is 2. The maximum absolute atomic E-state index is 12.0. The van der Waals surface area contributed by atoms with Crippen LogP contribution in [0.3, 0.4) is 0 Å². The minimum atomic E-state index is -3.20. The largest absolute Gasteiger partial charge is 0.481 e. The number of carboxylic acids is 1. The highest BCUT2D eigenvalue weighted by Gasteiger charge is 2.29. The molecule has 5 nitrogen and oxygen atoms in total. The van der Waals surface area contributed by atoms with E-state index in [-0.39, 0.29) is 17.7 Å². The van der Waals surface area contributed by atoms with Gasteiger partial charge in [-0.3, -0.25) is 4.79 Å². The highest BCUT2D eigenvalue weighted by atomic mass is 32.2. The molecule has 0 spiro atoms. The lowest BCUT2D eigenvalue weighted by atomic mass is 9.87. The highest BCUT2D eigenvalue weighted by Crippen LogP contribution is 2.27. The zero-order valence-corrected chi connectivity index (χ0v) is 12.0. The molecular weight excluding hydrogens is 266 g/mol. The number of hydrogen-bond acceptors (Lipinski definition) is 3. The van der Waals surface area contributed by atoms with Crippen LogP contribution in [0.4, 0.5) is 0 Å². The van der Waals surface area contributed by atoms with Gasteiger partial charge in [0.15, 0.2) is 0 Å². The smallest absolute Gasteiger partial charge is 0.306 e. The van der Waals surface area contributed by atoms with Crippen LogP contribution in [0.15, 0.2) is 0 Å². The third-order valence-corrected chi connectivity index (χ3v) is 5.96. The van der Waals surface area contributed by atoms with Crippen molar-refractivity contribution in [3.63, 3.8) is 0 Å². The zero-order chi connectivity index (χ0) is 13.9. The number of aliphatic carboxylic acids is 1. The molecule has 2 N–H and O–H groups in total. The van der Waals surface area contributed by atoms with E-state index in [4.69, 9.17) is 5.11 Å². The van der Waals surface area contributed by atoms with E-state index >= 15 is 0 Å². The van der Waals surface area contributed by atoms with E-state index in [1.807, 2.05) is 0 Å². The molecule has 2 rings (SSSR count). The molecule has 0 aromatic heterocycles. The topological polar surface area (TPSA) is 83.5 Å². The Kier molecular flexibility index (Phi) is 4.84. The fourth-order valence-corrected chi connectivity index (χ4v) is 5.04. The third-order valence-electron chi connectivity index (χ3n) is 4.35. The first kappa shape index (κ1) is 14.8. The van der Waals surface area contributed by atoms with E-state index in [9.17, 15) is 13.2 Å². The summed E-state index contributed by atoms with van der Waals surface area (Å²) in [5.41, 5.74) is 0. The lowest BCUT2D eigenvalue weighted by Gasteiger charge is -2.27. The Labute approximate surface area is 114 Å². The van der Waals surface area contributed by atoms with Crippen LogP contribution in [0.25, 0.3) is 0 Å². The molecule has 2 aliphatic rings. The molecule has 0 bridgehead atoms. The summed E-state index contributed by atoms with van der Waals surface area (Å²) < 4.78 is 26.8. The van der Waals surface area contributed by atoms with E-state index in [1.54, 1.807) is 0 Å². The van der Waals surface area contributed by atoms with Gasteiger partial charge in [0.25, 0.3) is 0 Å². The van der Waals surface area contributed by atoms with Crippen molar-refractivity contribution in [3.8, 4) is 0 Å². The average Bonchev–Trinajstić information content (AvgIpc) is 2.81. The molecule has 2 aliphatic carbocycles. The minimum Gasteiger partial charge on any atom is -0.481 e. The molecule has 0 amide bonds. The van der Waals surface area contributed by atoms with Gasteiger partial charge >= 0.3 is 5.97 Å². The quantitative estimate of drug-likeness (QED) is 0.807. The number of rotatable bonds is 5. The van der Waals surface area contributed by atoms with E-state index in [2.05, 4.69) is 4.72 Å². The van der Waals surface area contributed by atoms with Crippen LogP contribution in [0, 0.1) is 11.8 Å². The predicted octanol–water partition coefficient (Wildman–Crippen LogP) is 1.74. The maximum atomic E-state index is 12.0. The first-order valence-corrected chi connectivity index (χ1v) is 8.84. The summed E-state index contributed by atoms with van der Waals surface area (Å²) in [6.07, 6.45) is 6.76. The van der Waals surface area contributed by atoms with Gasteiger partial charge in [0.2, 0.25) is 10.0 Å². The molecule has 110 valence electrons. The molecule has 19 heavy (non-hydrogen) atoms. The Hall–Kier alpha value is -0.620. The Morgan fingerprint density at radius 1 is 1.05 bits per heavy atom. The van der Waals surface area contributed by atoms with E-state index in [0.717, 1.165) is 25.7 Å². The van der Waals surface area contributed by atoms with Gasteiger partial charge in [0.05, 0.1) is 11.7 Å². The van der Waals surface area contributed by atoms with E-state index in [0.29, 0.717) is 31.6 Å². The Morgan fingerprint density at radius 2 is 1.63 bits per heavy atom. The van der Waals surface area contributed by atoms with Crippen molar-refractivity contribution >= 4 is 16.0 Å². The Balaban J connectivity index is 1.79. The predicted molar refractivity (Wildman–Crippen MR) is 72.3 cm³/mol. The first-order valence-electron chi connectivity index (χ1n) is 7.19. The second-order valence-electron chi connectivity index (χ2n) is 5.94. The summed E-state index contributed by atoms with van der Waals surface area (Å²) in [5.74, 6) is -0.498. The van der Waals surface area contributed by atoms with Gasteiger partial charge in [0.1, 0.15) is 0 Å². The molecule has 0 aromatic carbocycles. The summed E-state index contributed by atoms with van der Waals surface area (Å²) >= 11 is 0. The second-order valence-corrected chi connectivity index (χ2v) is 7.74. The fourth-order valence-electron chi connectivity index (χ4n) is 3.25. The van der Waals surface area contributed by atoms with Gasteiger partial charge in [-0.05, 0) is 44.4 Å². The number of nitrogens with one attached hydrogen (secondary N) is 1. The van der Waals surface area contributed by atoms with Crippen LogP contribution >= 0.6 is 0 Å². The van der Waals surface area contributed by atoms with Crippen molar-refractivity contribution in [3.05, 3.63) is 0 Å². The van der Waals surface area contributed by atoms with Gasteiger partial charge in [-0.2, -0.15) is 0 Å². The monoisotopic (exact) mass is 289 g/mol. The Bertz CT molecular complexity index is 406. The van der Waals surface area contributed by atoms with Gasteiger partial charge in [-0.15, -0.1) is 0 Å². The van der Waals surface area contributed by atoms with Crippen LogP contribution in [0.1, 0.15) is 51.4 Å². The Morgan fingerprint density at radius 3 is 2.16 bits per heavy atom. The normalized spacial score (nSPS) is 29.5. The summed E-state index contributed by atoms with van der Waals surface area (Å²) in [6.45, 7) is 0. The van der Waals surface area contributed by atoms with Crippen LogP contribution in [-0.4, -0.2) is 31.3 Å². The fraction of sp³-hybridized carbons (Fsp3) is 0.923. The molecule has 0 heterocycles. The molecule has 0 aromatic rings. The van der Waals surface area contributed by atoms with Gasteiger partial charge in [0, 0.05) is 6.04 Å². The zero-order valence-electron chi connectivity index (χ0n) is 11.2. The molecule has 0 unspecified atom stereocenters. The van der Waals surface area contributed by atoms with Crippen LogP contribution in [-0.2, 0) is 14.8 Å². The van der Waals surface area contributed by atoms with Gasteiger partial charge in [-0.25, -0.2) is 13.1 Å². The van der Waals surface area contributed by atoms with Crippen LogP contribution in [0.5, 0.6) is 0 Å². The molecule has 0 radical (unpaired) electrons. The molecule has 0 aliphatic heterocycles. The number of carboxylic acid groups (broad SMARTS) is 1.